The van der Waals surface area contributed by atoms with Crippen molar-refractivity contribution in [3.05, 3.63) is 83.7 Å². The van der Waals surface area contributed by atoms with E-state index in [-0.39, 0.29) is 0 Å². The maximum Gasteiger partial charge on any atom is 0.152 e. The number of aromatic nitrogens is 2. The van der Waals surface area contributed by atoms with Gasteiger partial charge in [-0.05, 0) is 43.0 Å². The lowest BCUT2D eigenvalue weighted by molar-refractivity contribution is 0.499. The van der Waals surface area contributed by atoms with Gasteiger partial charge in [-0.1, -0.05) is 61.9 Å². The van der Waals surface area contributed by atoms with E-state index in [4.69, 9.17) is 5.10 Å². The average molecular weight is 391 g/mol. The fourth-order valence-electron chi connectivity index (χ4n) is 3.36. The highest BCUT2D eigenvalue weighted by molar-refractivity contribution is 8.06. The van der Waals surface area contributed by atoms with Crippen molar-refractivity contribution in [3.8, 4) is 5.69 Å². The van der Waals surface area contributed by atoms with Gasteiger partial charge in [0.25, 0.3) is 0 Å². The number of aryl methyl sites for hydroxylation is 1. The average Bonchev–Trinajstić information content (AvgIpc) is 3.31. The summed E-state index contributed by atoms with van der Waals surface area (Å²) in [6.07, 6.45) is 2.42. The van der Waals surface area contributed by atoms with Crippen LogP contribution in [0.25, 0.3) is 10.6 Å². The van der Waals surface area contributed by atoms with E-state index < -0.39 is 0 Å². The second-order valence-electron chi connectivity index (χ2n) is 7.03. The molecule has 2 aromatic carbocycles. The van der Waals surface area contributed by atoms with E-state index in [1.54, 1.807) is 0 Å². The molecule has 0 saturated carbocycles. The zero-order chi connectivity index (χ0) is 19.3. The molecule has 3 aromatic rings. The van der Waals surface area contributed by atoms with Gasteiger partial charge in [-0.15, -0.1) is 5.10 Å². The minimum atomic E-state index is 0.891. The number of benzene rings is 2. The zero-order valence-electron chi connectivity index (χ0n) is 16.4. The minimum Gasteiger partial charge on any atom is -0.340 e. The highest BCUT2D eigenvalue weighted by Crippen LogP contribution is 2.40. The van der Waals surface area contributed by atoms with E-state index in [0.717, 1.165) is 30.3 Å². The second kappa shape index (κ2) is 8.67. The first-order chi connectivity index (χ1) is 13.7. The Morgan fingerprint density at radius 3 is 2.46 bits per heavy atom. The highest BCUT2D eigenvalue weighted by atomic mass is 32.2. The number of hydrogen-bond donors (Lipinski definition) is 1. The molecule has 0 bridgehead atoms. The molecule has 144 valence electrons. The van der Waals surface area contributed by atoms with Crippen molar-refractivity contribution >= 4 is 22.7 Å². The highest BCUT2D eigenvalue weighted by Gasteiger charge is 2.24. The monoisotopic (exact) mass is 390 g/mol. The van der Waals surface area contributed by atoms with Crippen LogP contribution in [0.2, 0.25) is 0 Å². The van der Waals surface area contributed by atoms with Gasteiger partial charge in [-0.2, -0.15) is 0 Å². The first-order valence-corrected chi connectivity index (χ1v) is 10.6. The number of nitrogens with zero attached hydrogens (tertiary/aromatic N) is 3. The first-order valence-electron chi connectivity index (χ1n) is 9.85. The summed E-state index contributed by atoms with van der Waals surface area (Å²) in [7, 11) is 0. The molecule has 0 amide bonds. The minimum absolute atomic E-state index is 0.891. The van der Waals surface area contributed by atoms with Crippen LogP contribution in [-0.2, 0) is 0 Å². The van der Waals surface area contributed by atoms with Gasteiger partial charge in [0.1, 0.15) is 0 Å². The molecule has 4 rings (SSSR count). The summed E-state index contributed by atoms with van der Waals surface area (Å²) in [6, 6.07) is 23.0. The number of hydrogen-bond acceptors (Lipinski definition) is 4. The van der Waals surface area contributed by atoms with E-state index in [1.165, 1.54) is 29.0 Å². The molecule has 0 radical (unpaired) electrons. The Morgan fingerprint density at radius 2 is 1.75 bits per heavy atom. The Morgan fingerprint density at radius 1 is 1.04 bits per heavy atom. The molecule has 1 N–H and O–H groups in total. The van der Waals surface area contributed by atoms with Crippen LogP contribution in [0.5, 0.6) is 0 Å². The topological polar surface area (TPSA) is 33.1 Å². The van der Waals surface area contributed by atoms with E-state index >= 15 is 0 Å². The SMILES string of the molecule is CCCCN1CC(Nc2cc(C)n(-c3ccccc3)n2)=C(c2ccccc2)S1. The fraction of sp³-hybridized carbons (Fsp3) is 0.261. The Bertz CT molecular complexity index is 947. The third-order valence-corrected chi connectivity index (χ3v) is 6.03. The van der Waals surface area contributed by atoms with Gasteiger partial charge >= 0.3 is 0 Å². The molecule has 0 spiro atoms. The largest absolute Gasteiger partial charge is 0.340 e. The van der Waals surface area contributed by atoms with Gasteiger partial charge < -0.3 is 5.32 Å². The molecule has 1 aliphatic rings. The molecule has 0 aliphatic carbocycles. The zero-order valence-corrected chi connectivity index (χ0v) is 17.2. The number of rotatable bonds is 7. The van der Waals surface area contributed by atoms with Crippen LogP contribution in [0, 0.1) is 6.92 Å². The smallest absolute Gasteiger partial charge is 0.152 e. The van der Waals surface area contributed by atoms with Crippen molar-refractivity contribution in [3.63, 3.8) is 0 Å². The standard InChI is InChI=1S/C23H26N4S/c1-3-4-15-26-17-21(23(28-26)19-11-7-5-8-12-19)24-22-16-18(2)27(25-22)20-13-9-6-10-14-20/h5-14,16H,3-4,15,17H2,1-2H3,(H,24,25). The molecule has 0 saturated heterocycles. The molecule has 0 unspecified atom stereocenters. The van der Waals surface area contributed by atoms with Crippen LogP contribution < -0.4 is 5.32 Å². The number of unbranched alkanes of at least 4 members (excludes halogenated alkanes) is 1. The Kier molecular flexibility index (Phi) is 5.84. The molecular formula is C23H26N4S. The third-order valence-electron chi connectivity index (χ3n) is 4.79. The number of nitrogens with one attached hydrogen (secondary N) is 1. The van der Waals surface area contributed by atoms with E-state index in [2.05, 4.69) is 72.0 Å². The Hall–Kier alpha value is -2.50. The first kappa shape index (κ1) is 18.8. The molecular weight excluding hydrogens is 364 g/mol. The summed E-state index contributed by atoms with van der Waals surface area (Å²) in [5.74, 6) is 0.891. The summed E-state index contributed by atoms with van der Waals surface area (Å²) < 4.78 is 4.43. The lowest BCUT2D eigenvalue weighted by Gasteiger charge is -2.13. The van der Waals surface area contributed by atoms with Crippen LogP contribution in [0.3, 0.4) is 0 Å². The fourth-order valence-corrected chi connectivity index (χ4v) is 4.50. The molecule has 1 aliphatic heterocycles. The van der Waals surface area contributed by atoms with Crippen LogP contribution in [-0.4, -0.2) is 27.2 Å². The molecule has 28 heavy (non-hydrogen) atoms. The Balaban J connectivity index is 1.61. The van der Waals surface area contributed by atoms with Crippen molar-refractivity contribution in [2.75, 3.05) is 18.4 Å². The summed E-state index contributed by atoms with van der Waals surface area (Å²) in [5.41, 5.74) is 4.68. The van der Waals surface area contributed by atoms with Gasteiger partial charge in [0, 0.05) is 24.0 Å². The summed E-state index contributed by atoms with van der Waals surface area (Å²) in [4.78, 5) is 1.30. The summed E-state index contributed by atoms with van der Waals surface area (Å²) in [5, 5.41) is 8.41. The van der Waals surface area contributed by atoms with Gasteiger partial charge in [-0.25, -0.2) is 8.99 Å². The predicted molar refractivity (Wildman–Crippen MR) is 119 cm³/mol. The van der Waals surface area contributed by atoms with Gasteiger partial charge in [0.2, 0.25) is 0 Å². The van der Waals surface area contributed by atoms with Crippen molar-refractivity contribution in [2.24, 2.45) is 0 Å². The van der Waals surface area contributed by atoms with Crippen LogP contribution in [0.4, 0.5) is 5.82 Å². The molecule has 4 nitrogen and oxygen atoms in total. The Labute approximate surface area is 171 Å². The van der Waals surface area contributed by atoms with E-state index in [1.807, 2.05) is 34.8 Å². The summed E-state index contributed by atoms with van der Waals surface area (Å²) in [6.45, 7) is 6.34. The molecule has 0 atom stereocenters. The lowest BCUT2D eigenvalue weighted by Crippen LogP contribution is -2.17. The van der Waals surface area contributed by atoms with E-state index in [9.17, 15) is 0 Å². The van der Waals surface area contributed by atoms with Crippen molar-refractivity contribution in [2.45, 2.75) is 26.7 Å². The van der Waals surface area contributed by atoms with E-state index in [0.29, 0.717) is 0 Å². The molecule has 5 heteroatoms. The van der Waals surface area contributed by atoms with Gasteiger partial charge in [0.15, 0.2) is 5.82 Å². The maximum absolute atomic E-state index is 4.80. The maximum atomic E-state index is 4.80. The molecule has 0 fully saturated rings. The van der Waals surface area contributed by atoms with Gasteiger partial charge in [-0.3, -0.25) is 0 Å². The molecule has 1 aromatic heterocycles. The molecule has 2 heterocycles. The number of para-hydroxylation sites is 1. The van der Waals surface area contributed by atoms with Crippen molar-refractivity contribution in [1.29, 1.82) is 0 Å². The predicted octanol–water partition coefficient (Wildman–Crippen LogP) is 5.73. The van der Waals surface area contributed by atoms with Crippen LogP contribution >= 0.6 is 11.9 Å². The van der Waals surface area contributed by atoms with Crippen molar-refractivity contribution < 1.29 is 0 Å². The lowest BCUT2D eigenvalue weighted by atomic mass is 10.2. The van der Waals surface area contributed by atoms with Crippen LogP contribution in [0.1, 0.15) is 31.0 Å². The normalized spacial score (nSPS) is 14.6. The van der Waals surface area contributed by atoms with Crippen molar-refractivity contribution in [1.82, 2.24) is 14.1 Å². The second-order valence-corrected chi connectivity index (χ2v) is 8.13. The summed E-state index contributed by atoms with van der Waals surface area (Å²) >= 11 is 1.85. The van der Waals surface area contributed by atoms with Crippen LogP contribution in [0.15, 0.2) is 72.4 Å². The number of anilines is 1. The van der Waals surface area contributed by atoms with Gasteiger partial charge in [0.05, 0.1) is 17.1 Å². The third kappa shape index (κ3) is 4.16. The quantitative estimate of drug-likeness (QED) is 0.523.